The Morgan fingerprint density at radius 3 is 2.19 bits per heavy atom. The van der Waals surface area contributed by atoms with Gasteiger partial charge in [0.05, 0.1) is 36.5 Å². The number of amides is 1. The molecular weight excluding hydrogens is 697 g/mol. The van der Waals surface area contributed by atoms with Crippen molar-refractivity contribution >= 4 is 23.5 Å². The largest absolute Gasteiger partial charge is 0.497 e. The van der Waals surface area contributed by atoms with Crippen LogP contribution in [-0.4, -0.2) is 72.5 Å². The maximum atomic E-state index is 15.1. The third-order valence-electron chi connectivity index (χ3n) is 9.34. The summed E-state index contributed by atoms with van der Waals surface area (Å²) < 4.78 is 62.1. The minimum Gasteiger partial charge on any atom is -0.497 e. The number of nitrogens with zero attached hydrogens (tertiary/aromatic N) is 4. The fraction of sp³-hybridized carbons (Fsp3) is 0.333. The lowest BCUT2D eigenvalue weighted by Crippen LogP contribution is -2.55. The Morgan fingerprint density at radius 2 is 1.65 bits per heavy atom. The van der Waals surface area contributed by atoms with Crippen molar-refractivity contribution in [3.05, 3.63) is 99.1 Å². The highest BCUT2D eigenvalue weighted by Crippen LogP contribution is 2.47. The van der Waals surface area contributed by atoms with Gasteiger partial charge in [0.25, 0.3) is 0 Å². The van der Waals surface area contributed by atoms with E-state index in [2.05, 4.69) is 16.7 Å². The quantitative estimate of drug-likeness (QED) is 0.183. The van der Waals surface area contributed by atoms with E-state index >= 15 is 13.2 Å². The van der Waals surface area contributed by atoms with E-state index in [1.54, 1.807) is 27.2 Å². The number of pyridine rings is 1. The molecule has 0 spiro atoms. The number of ether oxygens (including phenoxy) is 3. The van der Waals surface area contributed by atoms with E-state index in [4.69, 9.17) is 30.8 Å². The number of fused-ring (bicyclic) bond motifs is 2. The van der Waals surface area contributed by atoms with Crippen molar-refractivity contribution < 1.29 is 37.3 Å². The number of halogens is 4. The molecule has 0 radical (unpaired) electrons. The van der Waals surface area contributed by atoms with Gasteiger partial charge in [-0.1, -0.05) is 41.8 Å². The molecule has 0 saturated carbocycles. The Balaban J connectivity index is 1.50. The molecule has 2 aliphatic heterocycles. The highest BCUT2D eigenvalue weighted by molar-refractivity contribution is 6.35. The van der Waals surface area contributed by atoms with E-state index in [9.17, 15) is 9.90 Å². The van der Waals surface area contributed by atoms with Crippen molar-refractivity contribution in [2.24, 2.45) is 0 Å². The molecule has 1 aromatic heterocycles. The Morgan fingerprint density at radius 1 is 1.04 bits per heavy atom. The SMILES string of the molecule is CC#Cc1cc2c(c(Cl)c1-c1nc(N(Cc3ccc(OC)cc3)Cc3ccc(OC)cc3)cc(C)c1C(F)(F)F)OCC1CN(C(=O)O)CCN1C2. The van der Waals surface area contributed by atoms with Gasteiger partial charge in [0.15, 0.2) is 0 Å². The van der Waals surface area contributed by atoms with Crippen molar-refractivity contribution in [2.45, 2.75) is 45.7 Å². The number of rotatable bonds is 8. The summed E-state index contributed by atoms with van der Waals surface area (Å²) in [5, 5.41) is 9.54. The van der Waals surface area contributed by atoms with E-state index in [1.165, 1.54) is 17.9 Å². The van der Waals surface area contributed by atoms with Crippen LogP contribution in [0.4, 0.5) is 23.8 Å². The molecule has 4 aromatic rings. The minimum absolute atomic E-state index is 0.0212. The highest BCUT2D eigenvalue weighted by Gasteiger charge is 2.40. The van der Waals surface area contributed by atoms with Crippen LogP contribution in [-0.2, 0) is 25.8 Å². The number of hydrogen-bond acceptors (Lipinski definition) is 7. The fourth-order valence-electron chi connectivity index (χ4n) is 6.73. The van der Waals surface area contributed by atoms with Crippen LogP contribution >= 0.6 is 11.6 Å². The summed E-state index contributed by atoms with van der Waals surface area (Å²) in [5.74, 6) is 7.72. The Hall–Kier alpha value is -5.12. The van der Waals surface area contributed by atoms with Crippen molar-refractivity contribution in [3.8, 4) is 40.3 Å². The first-order valence-electron chi connectivity index (χ1n) is 16.6. The molecular formula is C39H38ClF3N4O5. The Bertz CT molecular complexity index is 1960. The molecule has 272 valence electrons. The maximum Gasteiger partial charge on any atom is 0.418 e. The predicted octanol–water partition coefficient (Wildman–Crippen LogP) is 7.88. The summed E-state index contributed by atoms with van der Waals surface area (Å²) in [6.45, 7) is 5.15. The van der Waals surface area contributed by atoms with Gasteiger partial charge in [-0.15, -0.1) is 5.92 Å². The van der Waals surface area contributed by atoms with Crippen LogP contribution in [0.1, 0.15) is 40.3 Å². The van der Waals surface area contributed by atoms with Gasteiger partial charge in [-0.25, -0.2) is 9.78 Å². The van der Waals surface area contributed by atoms with Crippen LogP contribution in [0.3, 0.4) is 0 Å². The third kappa shape index (κ3) is 7.71. The Kier molecular flexibility index (Phi) is 10.7. The zero-order valence-corrected chi connectivity index (χ0v) is 29.9. The lowest BCUT2D eigenvalue weighted by molar-refractivity contribution is -0.137. The third-order valence-corrected chi connectivity index (χ3v) is 9.70. The topological polar surface area (TPSA) is 87.6 Å². The van der Waals surface area contributed by atoms with Gasteiger partial charge in [-0.05, 0) is 66.9 Å². The van der Waals surface area contributed by atoms with Crippen LogP contribution in [0, 0.1) is 18.8 Å². The molecule has 0 aliphatic carbocycles. The second-order valence-electron chi connectivity index (χ2n) is 12.7. The number of anilines is 1. The first kappa shape index (κ1) is 36.7. The molecule has 1 amide bonds. The van der Waals surface area contributed by atoms with E-state index in [1.807, 2.05) is 53.4 Å². The first-order valence-corrected chi connectivity index (χ1v) is 17.0. The van der Waals surface area contributed by atoms with Crippen LogP contribution in [0.25, 0.3) is 11.3 Å². The normalized spacial score (nSPS) is 15.7. The molecule has 1 unspecified atom stereocenters. The second kappa shape index (κ2) is 15.2. The smallest absolute Gasteiger partial charge is 0.418 e. The van der Waals surface area contributed by atoms with E-state index in [-0.39, 0.29) is 52.3 Å². The zero-order chi connectivity index (χ0) is 37.2. The average Bonchev–Trinajstić information content (AvgIpc) is 3.30. The lowest BCUT2D eigenvalue weighted by Gasteiger charge is -2.38. The number of benzene rings is 3. The van der Waals surface area contributed by atoms with Gasteiger partial charge in [0, 0.05) is 56.0 Å². The summed E-state index contributed by atoms with van der Waals surface area (Å²) in [5.41, 5.74) is 1.43. The molecule has 6 rings (SSSR count). The monoisotopic (exact) mass is 734 g/mol. The van der Waals surface area contributed by atoms with Crippen LogP contribution < -0.4 is 19.1 Å². The van der Waals surface area contributed by atoms with Gasteiger partial charge >= 0.3 is 12.3 Å². The summed E-state index contributed by atoms with van der Waals surface area (Å²) in [6.07, 6.45) is -5.80. The number of alkyl halides is 3. The number of carboxylic acid groups (broad SMARTS) is 1. The fourth-order valence-corrected chi connectivity index (χ4v) is 7.10. The molecule has 52 heavy (non-hydrogen) atoms. The summed E-state index contributed by atoms with van der Waals surface area (Å²) in [4.78, 5) is 21.8. The number of methoxy groups -OCH3 is 2. The van der Waals surface area contributed by atoms with Crippen LogP contribution in [0.2, 0.25) is 5.02 Å². The summed E-state index contributed by atoms with van der Waals surface area (Å²) >= 11 is 7.11. The molecule has 1 atom stereocenters. The predicted molar refractivity (Wildman–Crippen MR) is 192 cm³/mol. The van der Waals surface area contributed by atoms with Crippen LogP contribution in [0.15, 0.2) is 60.7 Å². The summed E-state index contributed by atoms with van der Waals surface area (Å²) in [6, 6.07) is 17.8. The highest BCUT2D eigenvalue weighted by atomic mass is 35.5. The summed E-state index contributed by atoms with van der Waals surface area (Å²) in [7, 11) is 3.16. The van der Waals surface area contributed by atoms with Gasteiger partial charge in [-0.3, -0.25) is 4.90 Å². The van der Waals surface area contributed by atoms with E-state index in [0.717, 1.165) is 11.1 Å². The number of aromatic nitrogens is 1. The molecule has 0 bridgehead atoms. The Labute approximate surface area is 305 Å². The van der Waals surface area contributed by atoms with Crippen molar-refractivity contribution in [2.75, 3.05) is 45.4 Å². The average molecular weight is 735 g/mol. The minimum atomic E-state index is -4.78. The molecule has 3 heterocycles. The molecule has 9 nitrogen and oxygen atoms in total. The van der Waals surface area contributed by atoms with Crippen molar-refractivity contribution in [1.82, 2.24) is 14.8 Å². The molecule has 13 heteroatoms. The maximum absolute atomic E-state index is 15.1. The molecule has 1 saturated heterocycles. The molecule has 1 fully saturated rings. The lowest BCUT2D eigenvalue weighted by atomic mass is 9.94. The zero-order valence-electron chi connectivity index (χ0n) is 29.2. The number of piperazine rings is 1. The second-order valence-corrected chi connectivity index (χ2v) is 13.1. The number of aryl methyl sites for hydroxylation is 1. The molecule has 2 aliphatic rings. The number of carbonyl (C=O) groups is 1. The van der Waals surface area contributed by atoms with Gasteiger partial charge in [0.2, 0.25) is 0 Å². The first-order chi connectivity index (χ1) is 24.9. The van der Waals surface area contributed by atoms with Crippen LogP contribution in [0.5, 0.6) is 17.2 Å². The van der Waals surface area contributed by atoms with Gasteiger partial charge < -0.3 is 29.1 Å². The van der Waals surface area contributed by atoms with E-state index in [0.29, 0.717) is 55.6 Å². The van der Waals surface area contributed by atoms with Crippen molar-refractivity contribution in [1.29, 1.82) is 0 Å². The van der Waals surface area contributed by atoms with Crippen molar-refractivity contribution in [3.63, 3.8) is 0 Å². The van der Waals surface area contributed by atoms with E-state index < -0.39 is 17.8 Å². The number of hydrogen-bond donors (Lipinski definition) is 1. The standard InChI is InChI=1S/C39H38ClF3N4O5/c1-5-6-27-18-28-21-45-15-16-46(38(48)49)22-29(45)23-52-37(28)35(40)33(27)36-34(39(41,42)43)24(2)17-32(44-36)47(19-25-7-11-30(50-3)12-8-25)20-26-9-13-31(51-4)14-10-26/h7-14,17-18,29H,15-16,19-23H2,1-4H3,(H,48,49). The molecule has 3 aromatic carbocycles. The molecule has 1 N–H and O–H groups in total. The van der Waals surface area contributed by atoms with Gasteiger partial charge in [-0.2, -0.15) is 13.2 Å². The van der Waals surface area contributed by atoms with Gasteiger partial charge in [0.1, 0.15) is 29.7 Å².